The zero-order chi connectivity index (χ0) is 43.7. The van der Waals surface area contributed by atoms with E-state index in [4.69, 9.17) is 9.47 Å². The second-order valence-corrected chi connectivity index (χ2v) is 22.0. The van der Waals surface area contributed by atoms with E-state index in [1.807, 2.05) is 0 Å². The van der Waals surface area contributed by atoms with Gasteiger partial charge in [-0.1, -0.05) is 244 Å². The Kier molecular flexibility index (Phi) is 51.7. The minimum Gasteiger partial charge on any atom is -0.464 e. The Bertz CT molecular complexity index is 859. The van der Waals surface area contributed by atoms with Crippen LogP contribution in [0.4, 0.5) is 0 Å². The van der Waals surface area contributed by atoms with Crippen molar-refractivity contribution in [1.82, 2.24) is 0 Å². The zero-order valence-electron chi connectivity index (χ0n) is 39.9. The SMILES string of the molecule is CCCCCCCCCCCCCCSCC(=O)OCC(COC(=O)CSCCCCCCCCCCCCCC)SC(=O)CSCCCCCCCCCCCCCC. The van der Waals surface area contributed by atoms with Crippen molar-refractivity contribution in [1.29, 1.82) is 0 Å². The van der Waals surface area contributed by atoms with E-state index >= 15 is 0 Å². The average molecular weight is 920 g/mol. The molecule has 60 heavy (non-hydrogen) atoms. The second-order valence-electron chi connectivity index (χ2n) is 17.3. The third-order valence-corrected chi connectivity index (χ3v) is 15.5. The molecule has 0 aromatic heterocycles. The van der Waals surface area contributed by atoms with Crippen LogP contribution < -0.4 is 0 Å². The average Bonchev–Trinajstić information content (AvgIpc) is 3.24. The number of carbonyl (C=O) groups is 3. The summed E-state index contributed by atoms with van der Waals surface area (Å²) in [6.45, 7) is 7.01. The summed E-state index contributed by atoms with van der Waals surface area (Å²) in [4.78, 5) is 38.2. The van der Waals surface area contributed by atoms with Crippen LogP contribution in [-0.4, -0.2) is 70.0 Å². The summed E-state index contributed by atoms with van der Waals surface area (Å²) in [5.41, 5.74) is 0. The van der Waals surface area contributed by atoms with Crippen molar-refractivity contribution in [2.45, 2.75) is 257 Å². The van der Waals surface area contributed by atoms with Crippen LogP contribution in [0.5, 0.6) is 0 Å². The molecule has 0 aromatic carbocycles. The van der Waals surface area contributed by atoms with E-state index in [1.54, 1.807) is 35.3 Å². The van der Waals surface area contributed by atoms with Crippen molar-refractivity contribution < 1.29 is 23.9 Å². The molecule has 0 heterocycles. The molecule has 0 spiro atoms. The van der Waals surface area contributed by atoms with Gasteiger partial charge in [-0.3, -0.25) is 14.4 Å². The third kappa shape index (κ3) is 49.0. The highest BCUT2D eigenvalue weighted by atomic mass is 32.2. The summed E-state index contributed by atoms with van der Waals surface area (Å²) in [5.74, 6) is 3.52. The Morgan fingerprint density at radius 2 is 0.567 bits per heavy atom. The normalized spacial score (nSPS) is 11.5. The van der Waals surface area contributed by atoms with Gasteiger partial charge in [0, 0.05) is 0 Å². The van der Waals surface area contributed by atoms with Crippen LogP contribution >= 0.6 is 47.0 Å². The molecule has 0 aliphatic carbocycles. The first-order valence-corrected chi connectivity index (χ1v) is 30.1. The van der Waals surface area contributed by atoms with Gasteiger partial charge in [-0.25, -0.2) is 0 Å². The first-order chi connectivity index (χ1) is 29.5. The number of unbranched alkanes of at least 4 members (excludes halogenated alkanes) is 33. The van der Waals surface area contributed by atoms with Crippen LogP contribution in [0.2, 0.25) is 0 Å². The van der Waals surface area contributed by atoms with E-state index in [0.717, 1.165) is 36.5 Å². The fraction of sp³-hybridized carbons (Fsp3) is 0.941. The molecule has 0 rings (SSSR count). The topological polar surface area (TPSA) is 69.7 Å². The summed E-state index contributed by atoms with van der Waals surface area (Å²) in [5, 5.41) is -0.306. The van der Waals surface area contributed by atoms with E-state index < -0.39 is 0 Å². The Balaban J connectivity index is 4.30. The molecule has 0 fully saturated rings. The molecule has 0 unspecified atom stereocenters. The molecule has 0 saturated carbocycles. The maximum Gasteiger partial charge on any atom is 0.315 e. The number of hydrogen-bond acceptors (Lipinski definition) is 9. The Hall–Kier alpha value is 0.01000. The number of hydrogen-bond donors (Lipinski definition) is 0. The predicted molar refractivity (Wildman–Crippen MR) is 274 cm³/mol. The van der Waals surface area contributed by atoms with E-state index in [1.165, 1.54) is 224 Å². The number of thioether (sulfide) groups is 4. The zero-order valence-corrected chi connectivity index (χ0v) is 43.1. The molecule has 5 nitrogen and oxygen atoms in total. The Labute approximate surface area is 390 Å². The van der Waals surface area contributed by atoms with Crippen LogP contribution in [0.25, 0.3) is 0 Å². The number of rotatable bonds is 50. The highest BCUT2D eigenvalue weighted by Crippen LogP contribution is 2.20. The summed E-state index contributed by atoms with van der Waals surface area (Å²) in [6.07, 6.45) is 47.9. The van der Waals surface area contributed by atoms with Crippen molar-refractivity contribution in [3.05, 3.63) is 0 Å². The van der Waals surface area contributed by atoms with E-state index in [-0.39, 0.29) is 35.5 Å². The molecule has 356 valence electrons. The number of carbonyl (C=O) groups excluding carboxylic acids is 3. The Morgan fingerprint density at radius 3 is 0.833 bits per heavy atom. The van der Waals surface area contributed by atoms with E-state index in [2.05, 4.69) is 20.8 Å². The molecule has 0 radical (unpaired) electrons. The maximum absolute atomic E-state index is 13.0. The molecule has 0 saturated heterocycles. The predicted octanol–water partition coefficient (Wildman–Crippen LogP) is 17.0. The summed E-state index contributed by atoms with van der Waals surface area (Å²) in [6, 6.07) is 0. The van der Waals surface area contributed by atoms with Crippen molar-refractivity contribution >= 4 is 64.1 Å². The molecule has 0 aliphatic rings. The largest absolute Gasteiger partial charge is 0.464 e. The van der Waals surface area contributed by atoms with Gasteiger partial charge in [0.25, 0.3) is 0 Å². The monoisotopic (exact) mass is 919 g/mol. The van der Waals surface area contributed by atoms with Crippen LogP contribution in [0.1, 0.15) is 252 Å². The highest BCUT2D eigenvalue weighted by Gasteiger charge is 2.20. The lowest BCUT2D eigenvalue weighted by molar-refractivity contribution is -0.142. The van der Waals surface area contributed by atoms with Gasteiger partial charge in [-0.05, 0) is 36.5 Å². The molecule has 0 aromatic rings. The highest BCUT2D eigenvalue weighted by molar-refractivity contribution is 8.16. The van der Waals surface area contributed by atoms with Gasteiger partial charge >= 0.3 is 11.9 Å². The Morgan fingerprint density at radius 1 is 0.333 bits per heavy atom. The van der Waals surface area contributed by atoms with Gasteiger partial charge in [0.2, 0.25) is 0 Å². The van der Waals surface area contributed by atoms with Crippen molar-refractivity contribution in [3.8, 4) is 0 Å². The standard InChI is InChI=1S/C51H98O5S4/c1-4-7-10-13-16-19-22-25-28-31-34-37-40-57-45-49(52)55-43-48(60-51(54)47-59-42-39-36-33-30-27-24-21-18-15-12-9-6-3)44-56-50(53)46-58-41-38-35-32-29-26-23-20-17-14-11-8-5-2/h48H,4-47H2,1-3H3. The maximum atomic E-state index is 13.0. The quantitative estimate of drug-likeness (QED) is 0.0438. The lowest BCUT2D eigenvalue weighted by Crippen LogP contribution is -2.26. The lowest BCUT2D eigenvalue weighted by atomic mass is 10.1. The van der Waals surface area contributed by atoms with Crippen LogP contribution in [0, 0.1) is 0 Å². The minimum absolute atomic E-state index is 0.0683. The summed E-state index contributed by atoms with van der Waals surface area (Å²) >= 11 is 6.15. The van der Waals surface area contributed by atoms with Crippen molar-refractivity contribution in [2.75, 3.05) is 47.7 Å². The summed E-state index contributed by atoms with van der Waals surface area (Å²) in [7, 11) is 0. The van der Waals surface area contributed by atoms with Gasteiger partial charge in [0.05, 0.1) is 22.5 Å². The number of esters is 2. The third-order valence-electron chi connectivity index (χ3n) is 11.2. The molecule has 0 atom stereocenters. The fourth-order valence-electron chi connectivity index (χ4n) is 7.39. The minimum atomic E-state index is -0.375. The van der Waals surface area contributed by atoms with Gasteiger partial charge in [0.1, 0.15) is 13.2 Å². The van der Waals surface area contributed by atoms with E-state index in [0.29, 0.717) is 17.3 Å². The van der Waals surface area contributed by atoms with Gasteiger partial charge < -0.3 is 9.47 Å². The lowest BCUT2D eigenvalue weighted by Gasteiger charge is -2.16. The second kappa shape index (κ2) is 51.6. The van der Waals surface area contributed by atoms with Crippen molar-refractivity contribution in [2.24, 2.45) is 0 Å². The van der Waals surface area contributed by atoms with Crippen molar-refractivity contribution in [3.63, 3.8) is 0 Å². The molecule has 9 heteroatoms. The smallest absolute Gasteiger partial charge is 0.315 e. The molecular formula is C51H98O5S4. The van der Waals surface area contributed by atoms with Crippen LogP contribution in [0.3, 0.4) is 0 Å². The first-order valence-electron chi connectivity index (χ1n) is 25.8. The van der Waals surface area contributed by atoms with Gasteiger partial charge in [-0.2, -0.15) is 35.3 Å². The number of ether oxygens (including phenoxy) is 2. The molecular weight excluding hydrogens is 821 g/mol. The van der Waals surface area contributed by atoms with Gasteiger partial charge in [0.15, 0.2) is 5.12 Å². The molecule has 0 bridgehead atoms. The first kappa shape index (κ1) is 60.0. The van der Waals surface area contributed by atoms with Crippen LogP contribution in [-0.2, 0) is 23.9 Å². The van der Waals surface area contributed by atoms with Crippen LogP contribution in [0.15, 0.2) is 0 Å². The van der Waals surface area contributed by atoms with Gasteiger partial charge in [-0.15, -0.1) is 0 Å². The molecule has 0 N–H and O–H groups in total. The molecule has 0 aliphatic heterocycles. The fourth-order valence-corrected chi connectivity index (χ4v) is 10.9. The molecule has 0 amide bonds. The summed E-state index contributed by atoms with van der Waals surface area (Å²) < 4.78 is 11.3. The van der Waals surface area contributed by atoms with E-state index in [9.17, 15) is 14.4 Å².